The number of amides is 1. The molecule has 2 aromatic rings. The molecule has 2 aromatic carbocycles. The van der Waals surface area contributed by atoms with Crippen molar-refractivity contribution in [3.05, 3.63) is 59.7 Å². The molecule has 132 valence electrons. The SMILES string of the molecule is COc1ccc([C@H](C)NC(=O)COC(=O)c2cccc(OC)c2)cc1. The summed E-state index contributed by atoms with van der Waals surface area (Å²) >= 11 is 0. The van der Waals surface area contributed by atoms with Crippen LogP contribution in [0.2, 0.25) is 0 Å². The van der Waals surface area contributed by atoms with Crippen LogP contribution < -0.4 is 14.8 Å². The Kier molecular flexibility index (Phi) is 6.39. The Morgan fingerprint density at radius 3 is 2.32 bits per heavy atom. The van der Waals surface area contributed by atoms with Gasteiger partial charge in [0, 0.05) is 0 Å². The summed E-state index contributed by atoms with van der Waals surface area (Å²) < 4.78 is 15.2. The van der Waals surface area contributed by atoms with Crippen LogP contribution in [-0.2, 0) is 9.53 Å². The number of rotatable bonds is 7. The Labute approximate surface area is 146 Å². The van der Waals surface area contributed by atoms with Crippen LogP contribution in [0, 0.1) is 0 Å². The molecule has 0 aliphatic rings. The highest BCUT2D eigenvalue weighted by Crippen LogP contribution is 2.17. The highest BCUT2D eigenvalue weighted by Gasteiger charge is 2.13. The molecule has 6 heteroatoms. The number of esters is 1. The minimum atomic E-state index is -0.578. The molecule has 0 saturated heterocycles. The van der Waals surface area contributed by atoms with Crippen molar-refractivity contribution in [2.75, 3.05) is 20.8 Å². The number of methoxy groups -OCH3 is 2. The van der Waals surface area contributed by atoms with Crippen LogP contribution in [-0.4, -0.2) is 32.7 Å². The third-order valence-corrected chi connectivity index (χ3v) is 3.63. The molecule has 2 rings (SSSR count). The lowest BCUT2D eigenvalue weighted by atomic mass is 10.1. The van der Waals surface area contributed by atoms with Crippen LogP contribution in [0.4, 0.5) is 0 Å². The summed E-state index contributed by atoms with van der Waals surface area (Å²) in [6.45, 7) is 1.50. The third kappa shape index (κ3) is 5.24. The van der Waals surface area contributed by atoms with Gasteiger partial charge in [0.15, 0.2) is 6.61 Å². The molecule has 0 unspecified atom stereocenters. The van der Waals surface area contributed by atoms with Crippen molar-refractivity contribution in [1.82, 2.24) is 5.32 Å². The highest BCUT2D eigenvalue weighted by molar-refractivity contribution is 5.91. The molecule has 6 nitrogen and oxygen atoms in total. The maximum absolute atomic E-state index is 12.0. The van der Waals surface area contributed by atoms with Gasteiger partial charge in [-0.15, -0.1) is 0 Å². The second kappa shape index (κ2) is 8.73. The second-order valence-corrected chi connectivity index (χ2v) is 5.37. The fourth-order valence-electron chi connectivity index (χ4n) is 2.22. The van der Waals surface area contributed by atoms with Crippen molar-refractivity contribution in [2.24, 2.45) is 0 Å². The first-order valence-corrected chi connectivity index (χ1v) is 7.78. The van der Waals surface area contributed by atoms with Crippen LogP contribution in [0.3, 0.4) is 0 Å². The molecule has 0 spiro atoms. The van der Waals surface area contributed by atoms with E-state index >= 15 is 0 Å². The van der Waals surface area contributed by atoms with Crippen LogP contribution in [0.15, 0.2) is 48.5 Å². The summed E-state index contributed by atoms with van der Waals surface area (Å²) in [6.07, 6.45) is 0. The van der Waals surface area contributed by atoms with E-state index in [9.17, 15) is 9.59 Å². The lowest BCUT2D eigenvalue weighted by Crippen LogP contribution is -2.31. The third-order valence-electron chi connectivity index (χ3n) is 3.63. The molecule has 0 aliphatic heterocycles. The zero-order valence-corrected chi connectivity index (χ0v) is 14.4. The molecule has 0 radical (unpaired) electrons. The first-order chi connectivity index (χ1) is 12.0. The Bertz CT molecular complexity index is 727. The molecule has 1 atom stereocenters. The van der Waals surface area contributed by atoms with Crippen LogP contribution in [0.5, 0.6) is 11.5 Å². The Morgan fingerprint density at radius 2 is 1.68 bits per heavy atom. The lowest BCUT2D eigenvalue weighted by molar-refractivity contribution is -0.124. The van der Waals surface area contributed by atoms with Gasteiger partial charge < -0.3 is 19.5 Å². The van der Waals surface area contributed by atoms with Gasteiger partial charge in [-0.2, -0.15) is 0 Å². The zero-order valence-electron chi connectivity index (χ0n) is 14.4. The second-order valence-electron chi connectivity index (χ2n) is 5.37. The molecule has 0 saturated carbocycles. The predicted molar refractivity (Wildman–Crippen MR) is 92.8 cm³/mol. The summed E-state index contributed by atoms with van der Waals surface area (Å²) in [7, 11) is 3.11. The van der Waals surface area contributed by atoms with Gasteiger partial charge in [0.05, 0.1) is 25.8 Å². The number of carbonyl (C=O) groups is 2. The topological polar surface area (TPSA) is 73.9 Å². The van der Waals surface area contributed by atoms with Gasteiger partial charge in [0.2, 0.25) is 0 Å². The van der Waals surface area contributed by atoms with Crippen molar-refractivity contribution in [3.8, 4) is 11.5 Å². The highest BCUT2D eigenvalue weighted by atomic mass is 16.5. The van der Waals surface area contributed by atoms with E-state index in [-0.39, 0.29) is 18.6 Å². The van der Waals surface area contributed by atoms with Crippen LogP contribution in [0.1, 0.15) is 28.9 Å². The Morgan fingerprint density at radius 1 is 1.00 bits per heavy atom. The quantitative estimate of drug-likeness (QED) is 0.783. The summed E-state index contributed by atoms with van der Waals surface area (Å²) in [4.78, 5) is 23.9. The molecule has 1 amide bonds. The normalized spacial score (nSPS) is 11.3. The molecule has 1 N–H and O–H groups in total. The number of ether oxygens (including phenoxy) is 3. The summed E-state index contributed by atoms with van der Waals surface area (Å²) in [5.41, 5.74) is 1.25. The molecule has 0 fully saturated rings. The molecule has 25 heavy (non-hydrogen) atoms. The molecule has 0 aromatic heterocycles. The van der Waals surface area contributed by atoms with Gasteiger partial charge in [0.1, 0.15) is 11.5 Å². The molecule has 0 bridgehead atoms. The van der Waals surface area contributed by atoms with Crippen molar-refractivity contribution in [3.63, 3.8) is 0 Å². The maximum Gasteiger partial charge on any atom is 0.338 e. The summed E-state index contributed by atoms with van der Waals surface area (Å²) in [5, 5.41) is 2.78. The van der Waals surface area contributed by atoms with Gasteiger partial charge in [-0.25, -0.2) is 4.79 Å². The predicted octanol–water partition coefficient (Wildman–Crippen LogP) is 2.74. The van der Waals surface area contributed by atoms with Gasteiger partial charge in [-0.05, 0) is 42.8 Å². The monoisotopic (exact) mass is 343 g/mol. The lowest BCUT2D eigenvalue weighted by Gasteiger charge is -2.15. The van der Waals surface area contributed by atoms with E-state index in [0.717, 1.165) is 11.3 Å². The van der Waals surface area contributed by atoms with E-state index in [4.69, 9.17) is 14.2 Å². The minimum absolute atomic E-state index is 0.214. The van der Waals surface area contributed by atoms with E-state index in [1.807, 2.05) is 31.2 Å². The van der Waals surface area contributed by atoms with Gasteiger partial charge in [-0.3, -0.25) is 4.79 Å². The van der Waals surface area contributed by atoms with Gasteiger partial charge in [0.25, 0.3) is 5.91 Å². The van der Waals surface area contributed by atoms with Crippen molar-refractivity contribution in [1.29, 1.82) is 0 Å². The fourth-order valence-corrected chi connectivity index (χ4v) is 2.22. The average molecular weight is 343 g/mol. The number of hydrogen-bond donors (Lipinski definition) is 1. The van der Waals surface area contributed by atoms with Crippen molar-refractivity contribution >= 4 is 11.9 Å². The molecular formula is C19H21NO5. The minimum Gasteiger partial charge on any atom is -0.497 e. The summed E-state index contributed by atoms with van der Waals surface area (Å²) in [5.74, 6) is 0.340. The fraction of sp³-hybridized carbons (Fsp3) is 0.263. The van der Waals surface area contributed by atoms with E-state index in [0.29, 0.717) is 11.3 Å². The first-order valence-electron chi connectivity index (χ1n) is 7.78. The van der Waals surface area contributed by atoms with E-state index in [1.165, 1.54) is 7.11 Å². The smallest absolute Gasteiger partial charge is 0.338 e. The zero-order chi connectivity index (χ0) is 18.2. The van der Waals surface area contributed by atoms with Gasteiger partial charge >= 0.3 is 5.97 Å². The van der Waals surface area contributed by atoms with Crippen LogP contribution in [0.25, 0.3) is 0 Å². The molecule has 0 heterocycles. The number of hydrogen-bond acceptors (Lipinski definition) is 5. The maximum atomic E-state index is 12.0. The van der Waals surface area contributed by atoms with Crippen LogP contribution >= 0.6 is 0 Å². The number of benzene rings is 2. The Balaban J connectivity index is 1.85. The largest absolute Gasteiger partial charge is 0.497 e. The van der Waals surface area contributed by atoms with Crippen molar-refractivity contribution in [2.45, 2.75) is 13.0 Å². The number of nitrogens with one attached hydrogen (secondary N) is 1. The van der Waals surface area contributed by atoms with E-state index < -0.39 is 5.97 Å². The summed E-state index contributed by atoms with van der Waals surface area (Å²) in [6, 6.07) is 13.7. The molecule has 0 aliphatic carbocycles. The number of carbonyl (C=O) groups excluding carboxylic acids is 2. The van der Waals surface area contributed by atoms with E-state index in [1.54, 1.807) is 31.4 Å². The van der Waals surface area contributed by atoms with E-state index in [2.05, 4.69) is 5.32 Å². The molecular weight excluding hydrogens is 322 g/mol. The standard InChI is InChI=1S/C19H21NO5/c1-13(14-7-9-16(23-2)10-8-14)20-18(21)12-25-19(22)15-5-4-6-17(11-15)24-3/h4-11,13H,12H2,1-3H3,(H,20,21)/t13-/m0/s1. The van der Waals surface area contributed by atoms with Crippen molar-refractivity contribution < 1.29 is 23.8 Å². The average Bonchev–Trinajstić information content (AvgIpc) is 2.66. The first kappa shape index (κ1) is 18.3. The van der Waals surface area contributed by atoms with Gasteiger partial charge in [-0.1, -0.05) is 18.2 Å². The Hall–Kier alpha value is -3.02.